The van der Waals surface area contributed by atoms with E-state index in [9.17, 15) is 19.2 Å². The molecule has 192 valence electrons. The van der Waals surface area contributed by atoms with Gasteiger partial charge >= 0.3 is 11.8 Å². The van der Waals surface area contributed by atoms with Crippen LogP contribution in [0.5, 0.6) is 0 Å². The van der Waals surface area contributed by atoms with Crippen LogP contribution in [0.2, 0.25) is 5.02 Å². The van der Waals surface area contributed by atoms with Gasteiger partial charge in [-0.1, -0.05) is 23.7 Å². The number of rotatable bonds is 8. The summed E-state index contributed by atoms with van der Waals surface area (Å²) in [6.07, 6.45) is 2.98. The van der Waals surface area contributed by atoms with E-state index in [4.69, 9.17) is 17.3 Å². The second-order valence-electron chi connectivity index (χ2n) is 8.10. The number of benzene rings is 1. The van der Waals surface area contributed by atoms with Crippen LogP contribution in [0.25, 0.3) is 11.1 Å². The lowest BCUT2D eigenvalue weighted by molar-refractivity contribution is -0.136. The molecule has 1 atom stereocenters. The molecular formula is C25H26ClN7O4. The first-order valence-electron chi connectivity index (χ1n) is 11.2. The molecule has 0 aliphatic carbocycles. The minimum atomic E-state index is -1.11. The molecule has 0 aliphatic heterocycles. The molecule has 2 aromatic heterocycles. The van der Waals surface area contributed by atoms with Crippen molar-refractivity contribution in [2.75, 3.05) is 26.0 Å². The second-order valence-corrected chi connectivity index (χ2v) is 8.54. The number of hydrogen-bond donors (Lipinski definition) is 4. The first-order chi connectivity index (χ1) is 17.7. The standard InChI is InChI=1S/C25H26ClN7O4/c1-33(2)25(37)20(14-30-23(35)24(36)32-21-8-7-18(26)13-29-21)31-22(34)16-5-3-15(4-6-16)17-9-10-28-19(11-17)12-27/h3-11,13,20H,12,14,27H2,1-2H3,(H,30,35)(H,31,34)(H,29,32,36). The van der Waals surface area contributed by atoms with Crippen LogP contribution in [0.1, 0.15) is 16.1 Å². The van der Waals surface area contributed by atoms with Crippen LogP contribution in [0.15, 0.2) is 60.9 Å². The molecule has 0 aliphatic rings. The molecule has 0 saturated heterocycles. The molecule has 12 heteroatoms. The number of nitrogens with one attached hydrogen (secondary N) is 3. The van der Waals surface area contributed by atoms with Crippen molar-refractivity contribution in [1.29, 1.82) is 0 Å². The van der Waals surface area contributed by atoms with Gasteiger partial charge in [-0.2, -0.15) is 0 Å². The Balaban J connectivity index is 1.64. The predicted molar refractivity (Wildman–Crippen MR) is 138 cm³/mol. The average Bonchev–Trinajstić information content (AvgIpc) is 2.91. The summed E-state index contributed by atoms with van der Waals surface area (Å²) < 4.78 is 0. The number of anilines is 1. The topological polar surface area (TPSA) is 159 Å². The fourth-order valence-corrected chi connectivity index (χ4v) is 3.35. The van der Waals surface area contributed by atoms with Crippen molar-refractivity contribution in [3.05, 3.63) is 77.2 Å². The zero-order chi connectivity index (χ0) is 26.9. The van der Waals surface area contributed by atoms with E-state index >= 15 is 0 Å². The van der Waals surface area contributed by atoms with Crippen molar-refractivity contribution < 1.29 is 19.2 Å². The van der Waals surface area contributed by atoms with Crippen LogP contribution >= 0.6 is 11.6 Å². The zero-order valence-electron chi connectivity index (χ0n) is 20.2. The number of hydrogen-bond acceptors (Lipinski definition) is 7. The van der Waals surface area contributed by atoms with Crippen molar-refractivity contribution in [3.8, 4) is 11.1 Å². The van der Waals surface area contributed by atoms with E-state index in [2.05, 4.69) is 25.9 Å². The molecule has 1 aromatic carbocycles. The summed E-state index contributed by atoms with van der Waals surface area (Å²) in [5.74, 6) is -2.83. The third kappa shape index (κ3) is 7.56. The molecule has 4 amide bonds. The molecule has 0 saturated carbocycles. The van der Waals surface area contributed by atoms with E-state index < -0.39 is 29.7 Å². The first kappa shape index (κ1) is 27.2. The Bertz CT molecular complexity index is 1280. The van der Waals surface area contributed by atoms with Crippen molar-refractivity contribution in [2.45, 2.75) is 12.6 Å². The summed E-state index contributed by atoms with van der Waals surface area (Å²) in [5.41, 5.74) is 8.47. The third-order valence-corrected chi connectivity index (χ3v) is 5.42. The van der Waals surface area contributed by atoms with Crippen LogP contribution in [-0.4, -0.2) is 65.2 Å². The van der Waals surface area contributed by atoms with Crippen LogP contribution in [0, 0.1) is 0 Å². The minimum Gasteiger partial charge on any atom is -0.347 e. The van der Waals surface area contributed by atoms with Gasteiger partial charge in [0.15, 0.2) is 0 Å². The van der Waals surface area contributed by atoms with Gasteiger partial charge in [-0.25, -0.2) is 4.98 Å². The van der Waals surface area contributed by atoms with Gasteiger partial charge in [-0.15, -0.1) is 0 Å². The van der Waals surface area contributed by atoms with Crippen LogP contribution in [0.3, 0.4) is 0 Å². The Morgan fingerprint density at radius 3 is 2.32 bits per heavy atom. The molecule has 0 fully saturated rings. The number of aromatic nitrogens is 2. The van der Waals surface area contributed by atoms with Crippen molar-refractivity contribution in [3.63, 3.8) is 0 Å². The number of carbonyl (C=O) groups excluding carboxylic acids is 4. The smallest absolute Gasteiger partial charge is 0.314 e. The van der Waals surface area contributed by atoms with Gasteiger partial charge < -0.3 is 26.6 Å². The number of carbonyl (C=O) groups is 4. The lowest BCUT2D eigenvalue weighted by Crippen LogP contribution is -2.53. The van der Waals surface area contributed by atoms with E-state index in [1.807, 2.05) is 12.1 Å². The summed E-state index contributed by atoms with van der Waals surface area (Å²) in [5, 5.41) is 7.67. The zero-order valence-corrected chi connectivity index (χ0v) is 21.0. The molecule has 3 aromatic rings. The van der Waals surface area contributed by atoms with Gasteiger partial charge in [0.2, 0.25) is 5.91 Å². The second kappa shape index (κ2) is 12.6. The lowest BCUT2D eigenvalue weighted by atomic mass is 10.0. The maximum absolute atomic E-state index is 12.9. The number of nitrogens with zero attached hydrogens (tertiary/aromatic N) is 3. The molecule has 0 spiro atoms. The summed E-state index contributed by atoms with van der Waals surface area (Å²) in [4.78, 5) is 59.2. The van der Waals surface area contributed by atoms with Gasteiger partial charge in [0, 0.05) is 45.1 Å². The van der Waals surface area contributed by atoms with Crippen LogP contribution < -0.4 is 21.7 Å². The average molecular weight is 524 g/mol. The Labute approximate surface area is 218 Å². The summed E-state index contributed by atoms with van der Waals surface area (Å²) >= 11 is 5.75. The summed E-state index contributed by atoms with van der Waals surface area (Å²) in [6.45, 7) is 0.00581. The quantitative estimate of drug-likeness (QED) is 0.323. The number of pyridine rings is 2. The van der Waals surface area contributed by atoms with Gasteiger partial charge in [-0.05, 0) is 47.5 Å². The Kier molecular flexibility index (Phi) is 9.25. The third-order valence-electron chi connectivity index (χ3n) is 5.19. The monoisotopic (exact) mass is 523 g/mol. The molecule has 5 N–H and O–H groups in total. The Morgan fingerprint density at radius 1 is 0.973 bits per heavy atom. The van der Waals surface area contributed by atoms with Crippen molar-refractivity contribution >= 4 is 41.0 Å². The fourth-order valence-electron chi connectivity index (χ4n) is 3.23. The van der Waals surface area contributed by atoms with Gasteiger partial charge in [0.25, 0.3) is 5.91 Å². The summed E-state index contributed by atoms with van der Waals surface area (Å²) in [6, 6.07) is 12.3. The highest BCUT2D eigenvalue weighted by atomic mass is 35.5. The highest BCUT2D eigenvalue weighted by Crippen LogP contribution is 2.20. The Hall–Kier alpha value is -4.35. The van der Waals surface area contributed by atoms with Crippen LogP contribution in [-0.2, 0) is 20.9 Å². The van der Waals surface area contributed by atoms with E-state index in [1.165, 1.54) is 37.3 Å². The molecule has 0 bridgehead atoms. The summed E-state index contributed by atoms with van der Waals surface area (Å²) in [7, 11) is 3.03. The molecule has 1 unspecified atom stereocenters. The van der Waals surface area contributed by atoms with E-state index in [1.54, 1.807) is 30.5 Å². The molecule has 0 radical (unpaired) electrons. The normalized spacial score (nSPS) is 11.2. The van der Waals surface area contributed by atoms with Gasteiger partial charge in [0.05, 0.1) is 10.7 Å². The van der Waals surface area contributed by atoms with E-state index in [0.717, 1.165) is 16.8 Å². The molecule has 2 heterocycles. The van der Waals surface area contributed by atoms with Gasteiger partial charge in [0.1, 0.15) is 11.9 Å². The molecule has 37 heavy (non-hydrogen) atoms. The number of nitrogens with two attached hydrogens (primary N) is 1. The van der Waals surface area contributed by atoms with E-state index in [-0.39, 0.29) is 12.4 Å². The fraction of sp³-hybridized carbons (Fsp3) is 0.200. The van der Waals surface area contributed by atoms with Gasteiger partial charge in [-0.3, -0.25) is 24.2 Å². The SMILES string of the molecule is CN(C)C(=O)C(CNC(=O)C(=O)Nc1ccc(Cl)cn1)NC(=O)c1ccc(-c2ccnc(CN)c2)cc1. The Morgan fingerprint density at radius 2 is 1.70 bits per heavy atom. The van der Waals surface area contributed by atoms with Crippen molar-refractivity contribution in [2.24, 2.45) is 5.73 Å². The number of amides is 4. The molecular weight excluding hydrogens is 498 g/mol. The molecule has 11 nitrogen and oxygen atoms in total. The number of halogens is 1. The highest BCUT2D eigenvalue weighted by Gasteiger charge is 2.25. The van der Waals surface area contributed by atoms with Crippen LogP contribution in [0.4, 0.5) is 5.82 Å². The highest BCUT2D eigenvalue weighted by molar-refractivity contribution is 6.39. The minimum absolute atomic E-state index is 0.133. The van der Waals surface area contributed by atoms with E-state index in [0.29, 0.717) is 17.1 Å². The largest absolute Gasteiger partial charge is 0.347 e. The van der Waals surface area contributed by atoms with Crippen molar-refractivity contribution in [1.82, 2.24) is 25.5 Å². The maximum Gasteiger partial charge on any atom is 0.314 e. The molecule has 3 rings (SSSR count). The number of likely N-dealkylation sites (N-methyl/N-ethyl adjacent to an activating group) is 1. The lowest BCUT2D eigenvalue weighted by Gasteiger charge is -2.22. The maximum atomic E-state index is 12.9. The first-order valence-corrected chi connectivity index (χ1v) is 11.5. The predicted octanol–water partition coefficient (Wildman–Crippen LogP) is 1.20.